The summed E-state index contributed by atoms with van der Waals surface area (Å²) >= 11 is 0. The first kappa shape index (κ1) is 18.2. The van der Waals surface area contributed by atoms with Gasteiger partial charge < -0.3 is 19.7 Å². The molecule has 1 aromatic rings. The van der Waals surface area contributed by atoms with Crippen LogP contribution in [0.2, 0.25) is 0 Å². The first-order chi connectivity index (χ1) is 11.9. The Morgan fingerprint density at radius 1 is 1.24 bits per heavy atom. The lowest BCUT2D eigenvalue weighted by Crippen LogP contribution is -2.57. The highest BCUT2D eigenvalue weighted by atomic mass is 16.5. The minimum Gasteiger partial charge on any atom is -0.381 e. The fraction of sp³-hybridized carbons (Fsp3) is 0.650. The van der Waals surface area contributed by atoms with Crippen LogP contribution in [0.25, 0.3) is 0 Å². The third-order valence-corrected chi connectivity index (χ3v) is 5.27. The Labute approximate surface area is 150 Å². The lowest BCUT2D eigenvalue weighted by molar-refractivity contribution is -0.117. The van der Waals surface area contributed by atoms with E-state index in [1.54, 1.807) is 0 Å². The molecule has 0 radical (unpaired) electrons. The second-order valence-corrected chi connectivity index (χ2v) is 7.99. The zero-order valence-corrected chi connectivity index (χ0v) is 15.6. The number of rotatable bonds is 3. The average Bonchev–Trinajstić information content (AvgIpc) is 2.59. The minimum atomic E-state index is -0.301. The van der Waals surface area contributed by atoms with Crippen molar-refractivity contribution in [1.82, 2.24) is 10.2 Å². The molecule has 1 N–H and O–H groups in total. The van der Waals surface area contributed by atoms with Crippen molar-refractivity contribution in [2.75, 3.05) is 32.8 Å². The van der Waals surface area contributed by atoms with E-state index >= 15 is 0 Å². The molecule has 1 atom stereocenters. The number of nitrogens with zero attached hydrogens (tertiary/aromatic N) is 1. The van der Waals surface area contributed by atoms with Crippen LogP contribution in [0, 0.1) is 0 Å². The van der Waals surface area contributed by atoms with Crippen molar-refractivity contribution >= 4 is 6.03 Å². The number of hydrogen-bond acceptors (Lipinski definition) is 3. The van der Waals surface area contributed by atoms with Gasteiger partial charge >= 0.3 is 6.03 Å². The van der Waals surface area contributed by atoms with Gasteiger partial charge in [-0.15, -0.1) is 0 Å². The van der Waals surface area contributed by atoms with Gasteiger partial charge in [-0.05, 0) is 39.2 Å². The summed E-state index contributed by atoms with van der Waals surface area (Å²) in [6, 6.07) is 10.5. The normalized spacial score (nSPS) is 25.4. The van der Waals surface area contributed by atoms with Gasteiger partial charge in [0, 0.05) is 31.7 Å². The molecule has 138 valence electrons. The maximum Gasteiger partial charge on any atom is 0.317 e. The maximum atomic E-state index is 12.8. The molecule has 2 saturated heterocycles. The van der Waals surface area contributed by atoms with E-state index in [1.165, 1.54) is 5.56 Å². The average molecular weight is 346 g/mol. The van der Waals surface area contributed by atoms with Crippen LogP contribution in [0.3, 0.4) is 0 Å². The van der Waals surface area contributed by atoms with E-state index < -0.39 is 0 Å². The monoisotopic (exact) mass is 346 g/mol. The van der Waals surface area contributed by atoms with Crippen molar-refractivity contribution in [1.29, 1.82) is 0 Å². The van der Waals surface area contributed by atoms with Gasteiger partial charge in [0.15, 0.2) is 0 Å². The maximum absolute atomic E-state index is 12.8. The van der Waals surface area contributed by atoms with E-state index in [1.807, 2.05) is 31.7 Å². The summed E-state index contributed by atoms with van der Waals surface area (Å²) in [6.45, 7) is 9.47. The summed E-state index contributed by atoms with van der Waals surface area (Å²) in [5.41, 5.74) is 0.946. The van der Waals surface area contributed by atoms with Crippen molar-refractivity contribution in [2.24, 2.45) is 0 Å². The second kappa shape index (κ2) is 7.34. The molecule has 2 aliphatic heterocycles. The molecule has 3 rings (SSSR count). The van der Waals surface area contributed by atoms with Crippen LogP contribution in [0.1, 0.15) is 39.2 Å². The van der Waals surface area contributed by atoms with Crippen molar-refractivity contribution in [3.8, 4) is 0 Å². The summed E-state index contributed by atoms with van der Waals surface area (Å²) in [6.07, 6.45) is 1.92. The molecular weight excluding hydrogens is 316 g/mol. The molecule has 5 heteroatoms. The molecule has 1 aromatic carbocycles. The summed E-state index contributed by atoms with van der Waals surface area (Å²) in [4.78, 5) is 14.7. The second-order valence-electron chi connectivity index (χ2n) is 7.99. The number of nitrogens with one attached hydrogen (secondary N) is 1. The van der Waals surface area contributed by atoms with Gasteiger partial charge in [0.1, 0.15) is 0 Å². The number of urea groups is 1. The number of amides is 2. The van der Waals surface area contributed by atoms with Crippen LogP contribution in [-0.2, 0) is 14.9 Å². The predicted octanol–water partition coefficient (Wildman–Crippen LogP) is 2.94. The molecule has 0 saturated carbocycles. The number of benzene rings is 1. The molecule has 2 aliphatic rings. The van der Waals surface area contributed by atoms with Gasteiger partial charge in [-0.1, -0.05) is 30.3 Å². The zero-order chi connectivity index (χ0) is 17.9. The largest absolute Gasteiger partial charge is 0.381 e. The van der Waals surface area contributed by atoms with Crippen molar-refractivity contribution in [3.63, 3.8) is 0 Å². The van der Waals surface area contributed by atoms with Crippen molar-refractivity contribution < 1.29 is 14.3 Å². The molecule has 2 heterocycles. The number of morpholine rings is 1. The third kappa shape index (κ3) is 4.33. The quantitative estimate of drug-likeness (QED) is 0.915. The third-order valence-electron chi connectivity index (χ3n) is 5.27. The van der Waals surface area contributed by atoms with Crippen molar-refractivity contribution in [3.05, 3.63) is 35.9 Å². The van der Waals surface area contributed by atoms with E-state index in [-0.39, 0.29) is 23.2 Å². The highest BCUT2D eigenvalue weighted by Gasteiger charge is 2.37. The Bertz CT molecular complexity index is 582. The first-order valence-electron chi connectivity index (χ1n) is 9.24. The molecule has 2 fully saturated rings. The number of carbonyl (C=O) groups is 1. The standard InChI is InChI=1S/C20H30N2O3/c1-16-13-22(15-19(2,3)25-16)18(23)21-14-20(9-11-24-12-10-20)17-7-5-4-6-8-17/h4-8,16H,9-15H2,1-3H3,(H,21,23). The molecule has 1 unspecified atom stereocenters. The van der Waals surface area contributed by atoms with Gasteiger partial charge in [0.25, 0.3) is 0 Å². The van der Waals surface area contributed by atoms with Gasteiger partial charge in [-0.2, -0.15) is 0 Å². The fourth-order valence-electron chi connectivity index (χ4n) is 4.09. The molecule has 0 aromatic heterocycles. The van der Waals surface area contributed by atoms with Crippen LogP contribution in [0.5, 0.6) is 0 Å². The fourth-order valence-corrected chi connectivity index (χ4v) is 4.09. The number of ether oxygens (including phenoxy) is 2. The Balaban J connectivity index is 1.68. The van der Waals surface area contributed by atoms with E-state index in [0.717, 1.165) is 26.1 Å². The van der Waals surface area contributed by atoms with Crippen LogP contribution < -0.4 is 5.32 Å². The summed E-state index contributed by atoms with van der Waals surface area (Å²) in [5.74, 6) is 0. The molecule has 0 aliphatic carbocycles. The number of hydrogen-bond donors (Lipinski definition) is 1. The Morgan fingerprint density at radius 2 is 1.92 bits per heavy atom. The van der Waals surface area contributed by atoms with Gasteiger partial charge in [-0.3, -0.25) is 0 Å². The van der Waals surface area contributed by atoms with Gasteiger partial charge in [0.2, 0.25) is 0 Å². The van der Waals surface area contributed by atoms with Crippen molar-refractivity contribution in [2.45, 2.75) is 50.7 Å². The van der Waals surface area contributed by atoms with E-state index in [0.29, 0.717) is 19.6 Å². The van der Waals surface area contributed by atoms with Gasteiger partial charge in [0.05, 0.1) is 18.2 Å². The Morgan fingerprint density at radius 3 is 2.56 bits per heavy atom. The predicted molar refractivity (Wildman–Crippen MR) is 97.8 cm³/mol. The number of carbonyl (C=O) groups excluding carboxylic acids is 1. The van der Waals surface area contributed by atoms with E-state index in [9.17, 15) is 4.79 Å². The molecule has 5 nitrogen and oxygen atoms in total. The molecule has 0 bridgehead atoms. The van der Waals surface area contributed by atoms with Crippen LogP contribution in [0.15, 0.2) is 30.3 Å². The van der Waals surface area contributed by atoms with E-state index in [4.69, 9.17) is 9.47 Å². The highest BCUT2D eigenvalue weighted by Crippen LogP contribution is 2.34. The molecular formula is C20H30N2O3. The molecule has 25 heavy (non-hydrogen) atoms. The van der Waals surface area contributed by atoms with Gasteiger partial charge in [-0.25, -0.2) is 4.79 Å². The molecule has 0 spiro atoms. The Hall–Kier alpha value is -1.59. The Kier molecular flexibility index (Phi) is 5.35. The summed E-state index contributed by atoms with van der Waals surface area (Å²) < 4.78 is 11.5. The minimum absolute atomic E-state index is 0.00465. The SMILES string of the molecule is CC1CN(C(=O)NCC2(c3ccccc3)CCOCC2)CC(C)(C)O1. The zero-order valence-electron chi connectivity index (χ0n) is 15.6. The lowest BCUT2D eigenvalue weighted by Gasteiger charge is -2.43. The highest BCUT2D eigenvalue weighted by molar-refractivity contribution is 5.74. The topological polar surface area (TPSA) is 50.8 Å². The first-order valence-corrected chi connectivity index (χ1v) is 9.24. The smallest absolute Gasteiger partial charge is 0.317 e. The van der Waals surface area contributed by atoms with Crippen LogP contribution >= 0.6 is 0 Å². The summed E-state index contributed by atoms with van der Waals surface area (Å²) in [7, 11) is 0. The van der Waals surface area contributed by atoms with Crippen LogP contribution in [-0.4, -0.2) is 55.5 Å². The van der Waals surface area contributed by atoms with Crippen LogP contribution in [0.4, 0.5) is 4.79 Å². The molecule has 2 amide bonds. The van der Waals surface area contributed by atoms with E-state index in [2.05, 4.69) is 29.6 Å². The summed E-state index contributed by atoms with van der Waals surface area (Å²) in [5, 5.41) is 3.20. The lowest BCUT2D eigenvalue weighted by atomic mass is 9.74.